The number of methoxy groups -OCH3 is 1. The molecule has 0 aromatic carbocycles. The lowest BCUT2D eigenvalue weighted by atomic mass is 9.89. The Kier molecular flexibility index (Phi) is 2.32. The van der Waals surface area contributed by atoms with E-state index in [1.807, 2.05) is 0 Å². The van der Waals surface area contributed by atoms with Gasteiger partial charge in [-0.1, -0.05) is 0 Å². The molecule has 15 heavy (non-hydrogen) atoms. The first kappa shape index (κ1) is 10.3. The van der Waals surface area contributed by atoms with Gasteiger partial charge in [-0.05, 0) is 32.1 Å². The van der Waals surface area contributed by atoms with Gasteiger partial charge >= 0.3 is 12.1 Å². The highest BCUT2D eigenvalue weighted by Gasteiger charge is 2.56. The summed E-state index contributed by atoms with van der Waals surface area (Å²) < 4.78 is 4.67. The molecule has 5 nitrogen and oxygen atoms in total. The maximum atomic E-state index is 11.6. The zero-order valence-corrected chi connectivity index (χ0v) is 8.73. The Morgan fingerprint density at radius 2 is 2.13 bits per heavy atom. The summed E-state index contributed by atoms with van der Waals surface area (Å²) in [5, 5.41) is 9.28. The highest BCUT2D eigenvalue weighted by Crippen LogP contribution is 2.44. The fraction of sp³-hybridized carbons (Fsp3) is 0.800. The number of carboxylic acids is 1. The van der Waals surface area contributed by atoms with Gasteiger partial charge in [0.25, 0.3) is 0 Å². The van der Waals surface area contributed by atoms with Crippen LogP contribution in [0.3, 0.4) is 0 Å². The number of amides is 1. The monoisotopic (exact) mass is 213 g/mol. The van der Waals surface area contributed by atoms with E-state index in [1.54, 1.807) is 0 Å². The van der Waals surface area contributed by atoms with E-state index in [1.165, 1.54) is 12.0 Å². The van der Waals surface area contributed by atoms with Crippen LogP contribution in [0.4, 0.5) is 4.79 Å². The van der Waals surface area contributed by atoms with Gasteiger partial charge < -0.3 is 9.84 Å². The van der Waals surface area contributed by atoms with Crippen molar-refractivity contribution in [3.05, 3.63) is 0 Å². The van der Waals surface area contributed by atoms with Gasteiger partial charge in [0, 0.05) is 6.04 Å². The lowest BCUT2D eigenvalue weighted by Gasteiger charge is -2.40. The highest BCUT2D eigenvalue weighted by molar-refractivity contribution is 5.85. The van der Waals surface area contributed by atoms with Gasteiger partial charge in [-0.2, -0.15) is 0 Å². The summed E-state index contributed by atoms with van der Waals surface area (Å²) in [6.45, 7) is 0. The summed E-state index contributed by atoms with van der Waals surface area (Å²) in [7, 11) is 1.30. The van der Waals surface area contributed by atoms with Crippen LogP contribution in [0.5, 0.6) is 0 Å². The number of carbonyl (C=O) groups is 2. The zero-order valence-electron chi connectivity index (χ0n) is 8.73. The molecule has 2 aliphatic rings. The van der Waals surface area contributed by atoms with E-state index in [2.05, 4.69) is 4.74 Å². The zero-order chi connectivity index (χ0) is 11.1. The van der Waals surface area contributed by atoms with Crippen molar-refractivity contribution in [2.24, 2.45) is 0 Å². The third-order valence-electron chi connectivity index (χ3n) is 3.61. The van der Waals surface area contributed by atoms with E-state index in [0.29, 0.717) is 12.8 Å². The van der Waals surface area contributed by atoms with Crippen molar-refractivity contribution in [1.29, 1.82) is 0 Å². The number of aliphatic carboxylic acids is 1. The molecule has 0 aromatic heterocycles. The number of piperidine rings is 1. The summed E-state index contributed by atoms with van der Waals surface area (Å²) in [5.74, 6) is -0.893. The number of nitrogens with zero attached hydrogens (tertiary/aromatic N) is 1. The van der Waals surface area contributed by atoms with Crippen LogP contribution in [0.15, 0.2) is 0 Å². The van der Waals surface area contributed by atoms with Crippen LogP contribution in [0.1, 0.15) is 32.1 Å². The quantitative estimate of drug-likeness (QED) is 0.711. The predicted octanol–water partition coefficient (Wildman–Crippen LogP) is 1.22. The standard InChI is InChI=1S/C10H15NO4/c1-15-9(14)11-7-3-2-5-10(11,6-4-7)8(12)13/h7H,2-6H2,1H3,(H,12,13)/t7-,10+/m0/s1. The van der Waals surface area contributed by atoms with Crippen LogP contribution in [0.2, 0.25) is 0 Å². The SMILES string of the molecule is COC(=O)N1[C@H]2CCC[C@]1(C(=O)O)CC2. The fourth-order valence-corrected chi connectivity index (χ4v) is 2.89. The maximum absolute atomic E-state index is 11.6. The molecule has 5 heteroatoms. The van der Waals surface area contributed by atoms with E-state index in [4.69, 9.17) is 0 Å². The molecule has 0 spiro atoms. The van der Waals surface area contributed by atoms with Crippen LogP contribution in [0.25, 0.3) is 0 Å². The van der Waals surface area contributed by atoms with Crippen molar-refractivity contribution >= 4 is 12.1 Å². The van der Waals surface area contributed by atoms with E-state index >= 15 is 0 Å². The first-order valence-electron chi connectivity index (χ1n) is 5.22. The fourth-order valence-electron chi connectivity index (χ4n) is 2.89. The minimum Gasteiger partial charge on any atom is -0.479 e. The molecule has 2 aliphatic heterocycles. The Labute approximate surface area is 88.0 Å². The number of hydrogen-bond donors (Lipinski definition) is 1. The predicted molar refractivity (Wildman–Crippen MR) is 51.5 cm³/mol. The van der Waals surface area contributed by atoms with Crippen LogP contribution in [-0.4, -0.2) is 40.8 Å². The number of fused-ring (bicyclic) bond motifs is 2. The molecular formula is C10H15NO4. The largest absolute Gasteiger partial charge is 0.479 e. The van der Waals surface area contributed by atoms with Crippen molar-refractivity contribution < 1.29 is 19.4 Å². The van der Waals surface area contributed by atoms with Crippen LogP contribution in [0, 0.1) is 0 Å². The van der Waals surface area contributed by atoms with E-state index in [9.17, 15) is 14.7 Å². The minimum atomic E-state index is -0.990. The second-order valence-corrected chi connectivity index (χ2v) is 4.26. The molecule has 2 rings (SSSR count). The van der Waals surface area contributed by atoms with Crippen LogP contribution >= 0.6 is 0 Å². The molecule has 1 amide bonds. The Bertz CT molecular complexity index is 300. The number of carbonyl (C=O) groups excluding carboxylic acids is 1. The van der Waals surface area contributed by atoms with E-state index in [-0.39, 0.29) is 6.04 Å². The minimum absolute atomic E-state index is 0.0577. The highest BCUT2D eigenvalue weighted by atomic mass is 16.5. The van der Waals surface area contributed by atoms with Gasteiger partial charge in [-0.3, -0.25) is 4.90 Å². The second-order valence-electron chi connectivity index (χ2n) is 4.26. The molecule has 2 atom stereocenters. The first-order valence-corrected chi connectivity index (χ1v) is 5.22. The molecule has 84 valence electrons. The molecule has 2 saturated heterocycles. The number of hydrogen-bond acceptors (Lipinski definition) is 3. The molecule has 0 unspecified atom stereocenters. The molecule has 0 saturated carbocycles. The molecule has 1 N–H and O–H groups in total. The van der Waals surface area contributed by atoms with Crippen molar-refractivity contribution in [3.63, 3.8) is 0 Å². The molecule has 2 bridgehead atoms. The number of rotatable bonds is 1. The smallest absolute Gasteiger partial charge is 0.410 e. The van der Waals surface area contributed by atoms with Crippen LogP contribution < -0.4 is 0 Å². The van der Waals surface area contributed by atoms with E-state index < -0.39 is 17.6 Å². The number of ether oxygens (including phenoxy) is 1. The normalized spacial score (nSPS) is 33.9. The third-order valence-corrected chi connectivity index (χ3v) is 3.61. The first-order chi connectivity index (χ1) is 7.12. The Balaban J connectivity index is 2.34. The van der Waals surface area contributed by atoms with Gasteiger partial charge in [0.15, 0.2) is 0 Å². The molecule has 0 aromatic rings. The summed E-state index contributed by atoms with van der Waals surface area (Å²) in [6, 6.07) is 0.0577. The molecule has 0 aliphatic carbocycles. The van der Waals surface area contributed by atoms with Gasteiger partial charge in [0.1, 0.15) is 5.54 Å². The number of carboxylic acid groups (broad SMARTS) is 1. The molecule has 0 radical (unpaired) electrons. The molecule has 2 heterocycles. The summed E-state index contributed by atoms with van der Waals surface area (Å²) in [5.41, 5.74) is -0.990. The topological polar surface area (TPSA) is 66.8 Å². The molecular weight excluding hydrogens is 198 g/mol. The Morgan fingerprint density at radius 1 is 1.40 bits per heavy atom. The summed E-state index contributed by atoms with van der Waals surface area (Å²) in [4.78, 5) is 24.3. The van der Waals surface area contributed by atoms with Crippen molar-refractivity contribution in [2.45, 2.75) is 43.7 Å². The van der Waals surface area contributed by atoms with Gasteiger partial charge in [-0.15, -0.1) is 0 Å². The lowest BCUT2D eigenvalue weighted by molar-refractivity contribution is -0.151. The Morgan fingerprint density at radius 3 is 2.73 bits per heavy atom. The summed E-state index contributed by atoms with van der Waals surface area (Å²) in [6.07, 6.45) is 3.16. The average Bonchev–Trinajstić information content (AvgIpc) is 2.45. The van der Waals surface area contributed by atoms with Gasteiger partial charge in [0.2, 0.25) is 0 Å². The van der Waals surface area contributed by atoms with Gasteiger partial charge in [-0.25, -0.2) is 9.59 Å². The summed E-state index contributed by atoms with van der Waals surface area (Å²) >= 11 is 0. The van der Waals surface area contributed by atoms with Crippen molar-refractivity contribution in [2.75, 3.05) is 7.11 Å². The average molecular weight is 213 g/mol. The molecule has 2 fully saturated rings. The van der Waals surface area contributed by atoms with Crippen LogP contribution in [-0.2, 0) is 9.53 Å². The van der Waals surface area contributed by atoms with Gasteiger partial charge in [0.05, 0.1) is 7.11 Å². The Hall–Kier alpha value is -1.26. The van der Waals surface area contributed by atoms with Crippen molar-refractivity contribution in [3.8, 4) is 0 Å². The van der Waals surface area contributed by atoms with Crippen molar-refractivity contribution in [1.82, 2.24) is 4.90 Å². The second kappa shape index (κ2) is 3.40. The third kappa shape index (κ3) is 1.29. The lowest BCUT2D eigenvalue weighted by Crippen LogP contribution is -2.57. The van der Waals surface area contributed by atoms with E-state index in [0.717, 1.165) is 19.3 Å². The maximum Gasteiger partial charge on any atom is 0.410 e.